The van der Waals surface area contributed by atoms with Crippen LogP contribution in [0.4, 0.5) is 4.79 Å². The van der Waals surface area contributed by atoms with Gasteiger partial charge in [-0.05, 0) is 27.2 Å². The Kier molecular flexibility index (Phi) is 6.21. The van der Waals surface area contributed by atoms with Crippen LogP contribution in [0.5, 0.6) is 0 Å². The van der Waals surface area contributed by atoms with Crippen LogP contribution in [0.3, 0.4) is 0 Å². The van der Waals surface area contributed by atoms with Crippen LogP contribution in [0.2, 0.25) is 0 Å². The van der Waals surface area contributed by atoms with Crippen LogP contribution in [0.1, 0.15) is 29.9 Å². The fourth-order valence-electron chi connectivity index (χ4n) is 1.06. The molecule has 0 rings (SSSR count). The molecule has 9 nitrogen and oxygen atoms in total. The zero-order valence-corrected chi connectivity index (χ0v) is 12.9. The van der Waals surface area contributed by atoms with Gasteiger partial charge in [0.25, 0.3) is 10.1 Å². The third kappa shape index (κ3) is 11.0. The van der Waals surface area contributed by atoms with E-state index in [2.05, 4.69) is 5.32 Å². The number of aliphatic hydroxyl groups excluding tert-OH is 1. The minimum atomic E-state index is -4.39. The van der Waals surface area contributed by atoms with Crippen LogP contribution in [-0.4, -0.2) is 60.6 Å². The Hall–Kier alpha value is -1.39. The molecule has 2 amide bonds. The smallest absolute Gasteiger partial charge is 0.408 e. The summed E-state index contributed by atoms with van der Waals surface area (Å²) < 4.78 is 49.6. The lowest BCUT2D eigenvalue weighted by Crippen LogP contribution is -2.50. The van der Waals surface area contributed by atoms with E-state index < -0.39 is 59.0 Å². The molecule has 0 radical (unpaired) electrons. The average Bonchev–Trinajstić information content (AvgIpc) is 2.30. The van der Waals surface area contributed by atoms with E-state index in [4.69, 9.17) is 17.1 Å². The SMILES string of the molecule is [2H]C([2H])(CCS(=O)(=O)O)NC(=O)C(CO)NC(=O)OC(C)(C)C. The molecule has 0 aromatic carbocycles. The standard InChI is InChI=1S/C11H22N2O7S/c1-11(2,3)20-10(16)13-8(7-14)9(15)12-5-4-6-21(17,18)19/h8,14H,4-7H2,1-3H3,(H,12,15)(H,13,16)(H,17,18,19)/i5D2. The Labute approximate surface area is 126 Å². The molecule has 0 aromatic heterocycles. The summed E-state index contributed by atoms with van der Waals surface area (Å²) >= 11 is 0. The summed E-state index contributed by atoms with van der Waals surface area (Å²) in [5.74, 6) is -1.97. The van der Waals surface area contributed by atoms with Gasteiger partial charge in [-0.3, -0.25) is 9.35 Å². The maximum Gasteiger partial charge on any atom is 0.408 e. The van der Waals surface area contributed by atoms with Gasteiger partial charge in [0.2, 0.25) is 5.91 Å². The van der Waals surface area contributed by atoms with Gasteiger partial charge in [0.1, 0.15) is 11.6 Å². The van der Waals surface area contributed by atoms with E-state index in [1.54, 1.807) is 20.8 Å². The molecule has 21 heavy (non-hydrogen) atoms. The molecule has 0 aliphatic rings. The summed E-state index contributed by atoms with van der Waals surface area (Å²) in [6.45, 7) is 1.49. The summed E-state index contributed by atoms with van der Waals surface area (Å²) in [6.07, 6.45) is -1.69. The van der Waals surface area contributed by atoms with Crippen LogP contribution < -0.4 is 10.6 Å². The van der Waals surface area contributed by atoms with Crippen molar-refractivity contribution in [1.82, 2.24) is 10.6 Å². The fraction of sp³-hybridized carbons (Fsp3) is 0.818. The normalized spacial score (nSPS) is 15.5. The molecule has 124 valence electrons. The second-order valence-electron chi connectivity index (χ2n) is 5.08. The third-order valence-electron chi connectivity index (χ3n) is 1.89. The molecule has 1 atom stereocenters. The summed E-state index contributed by atoms with van der Waals surface area (Å²) in [5.41, 5.74) is -0.829. The van der Waals surface area contributed by atoms with E-state index in [9.17, 15) is 18.0 Å². The lowest BCUT2D eigenvalue weighted by Gasteiger charge is -2.22. The number of ether oxygens (including phenoxy) is 1. The molecular formula is C11H22N2O7S. The van der Waals surface area contributed by atoms with E-state index >= 15 is 0 Å². The molecule has 1 unspecified atom stereocenters. The molecule has 0 bridgehead atoms. The number of aliphatic hydroxyl groups is 1. The first-order valence-corrected chi connectivity index (χ1v) is 7.64. The lowest BCUT2D eigenvalue weighted by atomic mass is 10.2. The van der Waals surface area contributed by atoms with Gasteiger partial charge < -0.3 is 20.5 Å². The third-order valence-corrected chi connectivity index (χ3v) is 2.61. The topological polar surface area (TPSA) is 142 Å². The predicted octanol–water partition coefficient (Wildman–Crippen LogP) is -0.734. The van der Waals surface area contributed by atoms with Crippen molar-refractivity contribution in [3.8, 4) is 0 Å². The first kappa shape index (κ1) is 16.0. The van der Waals surface area contributed by atoms with Crippen molar-refractivity contribution < 1.29 is 35.1 Å². The summed E-state index contributed by atoms with van der Waals surface area (Å²) in [6, 6.07) is -1.48. The second kappa shape index (κ2) is 8.15. The molecule has 0 fully saturated rings. The number of nitrogens with one attached hydrogen (secondary N) is 2. The van der Waals surface area contributed by atoms with Crippen molar-refractivity contribution >= 4 is 22.1 Å². The zero-order valence-electron chi connectivity index (χ0n) is 14.0. The van der Waals surface area contributed by atoms with Crippen LogP contribution >= 0.6 is 0 Å². The van der Waals surface area contributed by atoms with Crippen molar-refractivity contribution in [3.63, 3.8) is 0 Å². The van der Waals surface area contributed by atoms with Crippen LogP contribution in [-0.2, 0) is 19.6 Å². The summed E-state index contributed by atoms with van der Waals surface area (Å²) in [4.78, 5) is 23.3. The van der Waals surface area contributed by atoms with Gasteiger partial charge >= 0.3 is 6.09 Å². The minimum absolute atomic E-state index is 0.706. The Morgan fingerprint density at radius 3 is 2.38 bits per heavy atom. The molecule has 10 heteroatoms. The molecule has 0 aliphatic carbocycles. The van der Waals surface area contributed by atoms with E-state index in [1.807, 2.05) is 5.32 Å². The number of hydrogen-bond donors (Lipinski definition) is 4. The summed E-state index contributed by atoms with van der Waals surface area (Å²) in [5, 5.41) is 13.0. The molecule has 0 aromatic rings. The molecular weight excluding hydrogens is 304 g/mol. The highest BCUT2D eigenvalue weighted by molar-refractivity contribution is 7.85. The minimum Gasteiger partial charge on any atom is -0.444 e. The number of carbonyl (C=O) groups excluding carboxylic acids is 2. The van der Waals surface area contributed by atoms with Gasteiger partial charge in [0, 0.05) is 9.24 Å². The number of amides is 2. The van der Waals surface area contributed by atoms with Crippen LogP contribution in [0.25, 0.3) is 0 Å². The Balaban J connectivity index is 4.68. The maximum absolute atomic E-state index is 11.8. The van der Waals surface area contributed by atoms with E-state index in [1.165, 1.54) is 0 Å². The Morgan fingerprint density at radius 1 is 1.38 bits per heavy atom. The fourth-order valence-corrected chi connectivity index (χ4v) is 1.42. The molecule has 0 spiro atoms. The number of rotatable bonds is 7. The highest BCUT2D eigenvalue weighted by atomic mass is 32.2. The summed E-state index contributed by atoms with van der Waals surface area (Å²) in [7, 11) is -4.39. The lowest BCUT2D eigenvalue weighted by molar-refractivity contribution is -0.124. The van der Waals surface area contributed by atoms with Gasteiger partial charge in [-0.25, -0.2) is 4.79 Å². The zero-order chi connectivity index (χ0) is 18.5. The van der Waals surface area contributed by atoms with Crippen LogP contribution in [0.15, 0.2) is 0 Å². The van der Waals surface area contributed by atoms with E-state index in [-0.39, 0.29) is 0 Å². The Morgan fingerprint density at radius 2 is 1.95 bits per heavy atom. The number of alkyl carbamates (subject to hydrolysis) is 1. The largest absolute Gasteiger partial charge is 0.444 e. The van der Waals surface area contributed by atoms with E-state index in [0.29, 0.717) is 0 Å². The molecule has 0 aliphatic heterocycles. The van der Waals surface area contributed by atoms with Crippen molar-refractivity contribution in [3.05, 3.63) is 0 Å². The second-order valence-corrected chi connectivity index (χ2v) is 6.66. The number of hydrogen-bond acceptors (Lipinski definition) is 6. The average molecular weight is 328 g/mol. The van der Waals surface area contributed by atoms with Gasteiger partial charge in [-0.1, -0.05) is 0 Å². The van der Waals surface area contributed by atoms with Crippen LogP contribution in [0, 0.1) is 0 Å². The van der Waals surface area contributed by atoms with Crippen molar-refractivity contribution in [2.45, 2.75) is 38.8 Å². The van der Waals surface area contributed by atoms with Gasteiger partial charge in [-0.2, -0.15) is 8.42 Å². The highest BCUT2D eigenvalue weighted by Gasteiger charge is 2.23. The van der Waals surface area contributed by atoms with E-state index in [0.717, 1.165) is 0 Å². The molecule has 0 heterocycles. The quantitative estimate of drug-likeness (QED) is 0.451. The molecule has 0 saturated heterocycles. The first-order chi connectivity index (χ1) is 10.2. The molecule has 4 N–H and O–H groups in total. The highest BCUT2D eigenvalue weighted by Crippen LogP contribution is 2.06. The van der Waals surface area contributed by atoms with Gasteiger partial charge in [0.05, 0.1) is 12.4 Å². The molecule has 0 saturated carbocycles. The van der Waals surface area contributed by atoms with Crippen molar-refractivity contribution in [1.29, 1.82) is 0 Å². The van der Waals surface area contributed by atoms with Gasteiger partial charge in [0.15, 0.2) is 0 Å². The number of carbonyl (C=O) groups is 2. The van der Waals surface area contributed by atoms with Gasteiger partial charge in [-0.15, -0.1) is 0 Å². The Bertz CT molecular complexity index is 531. The van der Waals surface area contributed by atoms with Crippen molar-refractivity contribution in [2.24, 2.45) is 0 Å². The first-order valence-electron chi connectivity index (χ1n) is 7.03. The monoisotopic (exact) mass is 328 g/mol. The van der Waals surface area contributed by atoms with Crippen molar-refractivity contribution in [2.75, 3.05) is 18.9 Å². The maximum atomic E-state index is 11.8. The predicted molar refractivity (Wildman–Crippen MR) is 74.3 cm³/mol.